The highest BCUT2D eigenvalue weighted by Gasteiger charge is 2.15. The molecule has 0 radical (unpaired) electrons. The maximum Gasteiger partial charge on any atom is 0.194 e. The molecule has 2 rings (SSSR count). The molecule has 0 aromatic carbocycles. The number of hydrogen-bond donors (Lipinski definition) is 2. The Morgan fingerprint density at radius 1 is 1.60 bits per heavy atom. The van der Waals surface area contributed by atoms with E-state index in [1.807, 2.05) is 0 Å². The molecule has 0 bridgehead atoms. The van der Waals surface area contributed by atoms with E-state index >= 15 is 0 Å². The third-order valence-electron chi connectivity index (χ3n) is 1.61. The Morgan fingerprint density at radius 3 is 3.13 bits per heavy atom. The van der Waals surface area contributed by atoms with Crippen molar-refractivity contribution in [1.82, 2.24) is 30.5 Å². The number of amidine groups is 1. The van der Waals surface area contributed by atoms with Crippen LogP contribution in [0.25, 0.3) is 0 Å². The van der Waals surface area contributed by atoms with Gasteiger partial charge in [0.1, 0.15) is 12.0 Å². The fourth-order valence-corrected chi connectivity index (χ4v) is 0.958. The molecular formula is C5H6N8O2. The van der Waals surface area contributed by atoms with E-state index in [2.05, 4.69) is 35.6 Å². The van der Waals surface area contributed by atoms with Crippen molar-refractivity contribution in [3.63, 3.8) is 0 Å². The largest absolute Gasteiger partial charge is 0.409 e. The van der Waals surface area contributed by atoms with Crippen LogP contribution < -0.4 is 5.73 Å². The van der Waals surface area contributed by atoms with Gasteiger partial charge < -0.3 is 10.9 Å². The highest BCUT2D eigenvalue weighted by molar-refractivity contribution is 5.95. The molecule has 0 saturated heterocycles. The van der Waals surface area contributed by atoms with Crippen LogP contribution in [0.2, 0.25) is 0 Å². The number of nitrogens with zero attached hydrogens (tertiary/aromatic N) is 7. The summed E-state index contributed by atoms with van der Waals surface area (Å²) in [4.78, 5) is 0. The summed E-state index contributed by atoms with van der Waals surface area (Å²) in [5.74, 6) is -0.181. The number of nitrogens with two attached hydrogens (primary N) is 1. The standard InChI is InChI=1S/C5H6N8O2/c6-5(8-14)4-3(9-15-10-4)1-13-2-7-11-12-13/h2,14H,1H2,(H2,6,8). The summed E-state index contributed by atoms with van der Waals surface area (Å²) in [5.41, 5.74) is 5.88. The van der Waals surface area contributed by atoms with E-state index < -0.39 is 0 Å². The number of tetrazole rings is 1. The zero-order chi connectivity index (χ0) is 10.7. The van der Waals surface area contributed by atoms with Gasteiger partial charge in [-0.05, 0) is 15.6 Å². The van der Waals surface area contributed by atoms with Crippen LogP contribution in [0.15, 0.2) is 16.1 Å². The molecule has 0 amide bonds. The van der Waals surface area contributed by atoms with Gasteiger partial charge in [0.25, 0.3) is 0 Å². The first-order chi connectivity index (χ1) is 7.31. The number of oxime groups is 1. The number of aromatic nitrogens is 6. The molecule has 0 spiro atoms. The van der Waals surface area contributed by atoms with Crippen molar-refractivity contribution in [3.8, 4) is 0 Å². The zero-order valence-electron chi connectivity index (χ0n) is 7.35. The normalized spacial score (nSPS) is 11.9. The van der Waals surface area contributed by atoms with Crippen LogP contribution in [-0.2, 0) is 6.54 Å². The Hall–Kier alpha value is -2.52. The summed E-state index contributed by atoms with van der Waals surface area (Å²) in [6.07, 6.45) is 1.39. The average Bonchev–Trinajstić information content (AvgIpc) is 2.88. The van der Waals surface area contributed by atoms with Crippen molar-refractivity contribution in [2.24, 2.45) is 10.9 Å². The summed E-state index contributed by atoms with van der Waals surface area (Å²) in [5, 5.41) is 28.8. The van der Waals surface area contributed by atoms with E-state index in [9.17, 15) is 0 Å². The van der Waals surface area contributed by atoms with E-state index in [-0.39, 0.29) is 18.1 Å². The molecule has 0 aliphatic carbocycles. The van der Waals surface area contributed by atoms with Gasteiger partial charge in [0.2, 0.25) is 0 Å². The van der Waals surface area contributed by atoms with E-state index in [0.29, 0.717) is 5.69 Å². The van der Waals surface area contributed by atoms with Crippen molar-refractivity contribution in [2.45, 2.75) is 6.54 Å². The third kappa shape index (κ3) is 1.72. The van der Waals surface area contributed by atoms with Gasteiger partial charge in [-0.15, -0.1) is 5.10 Å². The molecule has 0 aliphatic heterocycles. The molecule has 2 aromatic rings. The van der Waals surface area contributed by atoms with Crippen molar-refractivity contribution in [2.75, 3.05) is 0 Å². The maximum absolute atomic E-state index is 8.46. The lowest BCUT2D eigenvalue weighted by Crippen LogP contribution is -2.17. The van der Waals surface area contributed by atoms with Crippen LogP contribution in [-0.4, -0.2) is 41.6 Å². The molecule has 78 valence electrons. The Bertz CT molecular complexity index is 459. The highest BCUT2D eigenvalue weighted by atomic mass is 16.6. The molecule has 0 atom stereocenters. The van der Waals surface area contributed by atoms with Gasteiger partial charge in [-0.3, -0.25) is 0 Å². The Kier molecular flexibility index (Phi) is 2.23. The van der Waals surface area contributed by atoms with Crippen LogP contribution in [0.3, 0.4) is 0 Å². The molecule has 3 N–H and O–H groups in total. The van der Waals surface area contributed by atoms with Gasteiger partial charge in [0.15, 0.2) is 11.5 Å². The minimum atomic E-state index is -0.181. The first kappa shape index (κ1) is 9.05. The lowest BCUT2D eigenvalue weighted by Gasteiger charge is -1.95. The summed E-state index contributed by atoms with van der Waals surface area (Å²) < 4.78 is 5.86. The molecule has 10 nitrogen and oxygen atoms in total. The molecule has 0 fully saturated rings. The molecule has 2 heterocycles. The molecule has 2 aromatic heterocycles. The topological polar surface area (TPSA) is 141 Å². The van der Waals surface area contributed by atoms with Gasteiger partial charge in [-0.1, -0.05) is 10.3 Å². The predicted molar refractivity (Wildman–Crippen MR) is 43.7 cm³/mol. The predicted octanol–water partition coefficient (Wildman–Crippen LogP) is -1.80. The molecule has 0 aliphatic rings. The van der Waals surface area contributed by atoms with E-state index in [4.69, 9.17) is 10.9 Å². The molecular weight excluding hydrogens is 204 g/mol. The summed E-state index contributed by atoms with van der Waals surface area (Å²) >= 11 is 0. The maximum atomic E-state index is 8.46. The summed E-state index contributed by atoms with van der Waals surface area (Å²) in [6, 6.07) is 0. The van der Waals surface area contributed by atoms with Crippen LogP contribution >= 0.6 is 0 Å². The van der Waals surface area contributed by atoms with Gasteiger partial charge in [0.05, 0.1) is 6.54 Å². The fourth-order valence-electron chi connectivity index (χ4n) is 0.958. The van der Waals surface area contributed by atoms with Gasteiger partial charge >= 0.3 is 0 Å². The fraction of sp³-hybridized carbons (Fsp3) is 0.200. The monoisotopic (exact) mass is 210 g/mol. The number of rotatable bonds is 3. The Balaban J connectivity index is 2.26. The third-order valence-corrected chi connectivity index (χ3v) is 1.61. The van der Waals surface area contributed by atoms with Crippen LogP contribution in [0.5, 0.6) is 0 Å². The second kappa shape index (κ2) is 3.69. The lowest BCUT2D eigenvalue weighted by atomic mass is 10.3. The van der Waals surface area contributed by atoms with E-state index in [1.165, 1.54) is 11.0 Å². The quantitative estimate of drug-likeness (QED) is 0.261. The van der Waals surface area contributed by atoms with E-state index in [1.54, 1.807) is 0 Å². The van der Waals surface area contributed by atoms with Crippen LogP contribution in [0, 0.1) is 0 Å². The van der Waals surface area contributed by atoms with E-state index in [0.717, 1.165) is 0 Å². The van der Waals surface area contributed by atoms with Crippen LogP contribution in [0.4, 0.5) is 0 Å². The van der Waals surface area contributed by atoms with Crippen molar-refractivity contribution in [3.05, 3.63) is 17.7 Å². The lowest BCUT2D eigenvalue weighted by molar-refractivity contribution is 0.299. The minimum absolute atomic E-state index is 0.160. The van der Waals surface area contributed by atoms with Gasteiger partial charge in [-0.25, -0.2) is 9.31 Å². The molecule has 10 heteroatoms. The van der Waals surface area contributed by atoms with Gasteiger partial charge in [0, 0.05) is 0 Å². The number of hydrogen-bond acceptors (Lipinski definition) is 8. The van der Waals surface area contributed by atoms with Crippen molar-refractivity contribution in [1.29, 1.82) is 0 Å². The van der Waals surface area contributed by atoms with Crippen molar-refractivity contribution < 1.29 is 9.84 Å². The first-order valence-electron chi connectivity index (χ1n) is 3.81. The molecule has 15 heavy (non-hydrogen) atoms. The van der Waals surface area contributed by atoms with Crippen molar-refractivity contribution >= 4 is 5.84 Å². The SMILES string of the molecule is N/C(=N\O)c1nonc1Cn1cnnn1. The summed E-state index contributed by atoms with van der Waals surface area (Å²) in [7, 11) is 0. The minimum Gasteiger partial charge on any atom is -0.409 e. The Labute approximate surface area is 82.3 Å². The van der Waals surface area contributed by atoms with Gasteiger partial charge in [-0.2, -0.15) is 0 Å². The highest BCUT2D eigenvalue weighted by Crippen LogP contribution is 2.03. The average molecular weight is 210 g/mol. The second-order valence-corrected chi connectivity index (χ2v) is 2.55. The molecule has 0 saturated carbocycles. The second-order valence-electron chi connectivity index (χ2n) is 2.55. The van der Waals surface area contributed by atoms with Crippen LogP contribution in [0.1, 0.15) is 11.4 Å². The first-order valence-corrected chi connectivity index (χ1v) is 3.81. The summed E-state index contributed by atoms with van der Waals surface area (Å²) in [6.45, 7) is 0.224. The molecule has 0 unspecified atom stereocenters. The Morgan fingerprint density at radius 2 is 2.47 bits per heavy atom. The smallest absolute Gasteiger partial charge is 0.194 e. The zero-order valence-corrected chi connectivity index (χ0v) is 7.35.